The van der Waals surface area contributed by atoms with E-state index < -0.39 is 12.0 Å². The molecule has 1 aromatic rings. The first kappa shape index (κ1) is 14.0. The van der Waals surface area contributed by atoms with Crippen molar-refractivity contribution in [2.75, 3.05) is 0 Å². The fourth-order valence-corrected chi connectivity index (χ4v) is 1.94. The van der Waals surface area contributed by atoms with Crippen LogP contribution >= 0.6 is 15.9 Å². The highest BCUT2D eigenvalue weighted by molar-refractivity contribution is 9.10. The van der Waals surface area contributed by atoms with E-state index in [1.165, 1.54) is 6.08 Å². The van der Waals surface area contributed by atoms with Gasteiger partial charge in [0.1, 0.15) is 17.8 Å². The highest BCUT2D eigenvalue weighted by Crippen LogP contribution is 2.26. The SMILES string of the molecule is [B]Cc1cnc(OC2=CC(F)C=C(F)C=C2)c(Br)c1. The Morgan fingerprint density at radius 1 is 1.37 bits per heavy atom. The van der Waals surface area contributed by atoms with Crippen molar-refractivity contribution in [2.45, 2.75) is 12.5 Å². The van der Waals surface area contributed by atoms with Crippen LogP contribution in [0.2, 0.25) is 0 Å². The number of alkyl halides is 1. The van der Waals surface area contributed by atoms with Crippen LogP contribution in [0.1, 0.15) is 5.56 Å². The van der Waals surface area contributed by atoms with Gasteiger partial charge in [0.2, 0.25) is 5.88 Å². The summed E-state index contributed by atoms with van der Waals surface area (Å²) in [5, 5.41) is 0. The summed E-state index contributed by atoms with van der Waals surface area (Å²) in [4.78, 5) is 4.06. The third kappa shape index (κ3) is 3.77. The van der Waals surface area contributed by atoms with E-state index in [1.54, 1.807) is 12.3 Å². The zero-order valence-electron chi connectivity index (χ0n) is 9.82. The Bertz CT molecular complexity index is 572. The number of pyridine rings is 1. The Labute approximate surface area is 119 Å². The maximum absolute atomic E-state index is 13.3. The minimum Gasteiger partial charge on any atom is -0.438 e. The summed E-state index contributed by atoms with van der Waals surface area (Å²) < 4.78 is 32.3. The second kappa shape index (κ2) is 6.15. The molecule has 0 N–H and O–H groups in total. The quantitative estimate of drug-likeness (QED) is 0.794. The van der Waals surface area contributed by atoms with Crippen molar-refractivity contribution < 1.29 is 13.5 Å². The molecular weight excluding hydrogens is 315 g/mol. The third-order valence-electron chi connectivity index (χ3n) is 2.36. The van der Waals surface area contributed by atoms with Crippen molar-refractivity contribution in [1.82, 2.24) is 4.98 Å². The van der Waals surface area contributed by atoms with Crippen molar-refractivity contribution in [3.8, 4) is 5.88 Å². The van der Waals surface area contributed by atoms with Gasteiger partial charge >= 0.3 is 0 Å². The van der Waals surface area contributed by atoms with Gasteiger partial charge in [-0.05, 0) is 51.9 Å². The van der Waals surface area contributed by atoms with Crippen molar-refractivity contribution in [1.29, 1.82) is 0 Å². The smallest absolute Gasteiger partial charge is 0.233 e. The number of hydrogen-bond acceptors (Lipinski definition) is 2. The van der Waals surface area contributed by atoms with Gasteiger partial charge in [0.15, 0.2) is 0 Å². The van der Waals surface area contributed by atoms with Crippen LogP contribution in [0, 0.1) is 0 Å². The molecule has 2 nitrogen and oxygen atoms in total. The van der Waals surface area contributed by atoms with E-state index in [-0.39, 0.29) is 11.6 Å². The standard InChI is InChI=1S/C13H9BBrF2NO/c14-6-8-3-12(15)13(18-7-8)19-11-2-1-9(16)4-10(17)5-11/h1-5,7,10H,6H2. The van der Waals surface area contributed by atoms with Gasteiger partial charge in [-0.25, -0.2) is 13.8 Å². The van der Waals surface area contributed by atoms with E-state index >= 15 is 0 Å². The van der Waals surface area contributed by atoms with E-state index in [1.807, 2.05) is 0 Å². The molecular formula is C13H9BBrF2NO. The van der Waals surface area contributed by atoms with Crippen LogP contribution in [0.15, 0.2) is 52.6 Å². The molecule has 0 amide bonds. The fourth-order valence-electron chi connectivity index (χ4n) is 1.46. The fraction of sp³-hybridized carbons (Fsp3) is 0.154. The lowest BCUT2D eigenvalue weighted by molar-refractivity contribution is 0.403. The average molecular weight is 324 g/mol. The van der Waals surface area contributed by atoms with Crippen LogP contribution < -0.4 is 4.74 Å². The maximum atomic E-state index is 13.3. The summed E-state index contributed by atoms with van der Waals surface area (Å²) >= 11 is 3.29. The molecule has 19 heavy (non-hydrogen) atoms. The molecule has 0 bridgehead atoms. The van der Waals surface area contributed by atoms with E-state index in [9.17, 15) is 8.78 Å². The van der Waals surface area contributed by atoms with Crippen molar-refractivity contribution in [2.24, 2.45) is 0 Å². The number of hydrogen-bond donors (Lipinski definition) is 0. The van der Waals surface area contributed by atoms with Gasteiger partial charge in [0.05, 0.1) is 12.3 Å². The Morgan fingerprint density at radius 2 is 2.16 bits per heavy atom. The third-order valence-corrected chi connectivity index (χ3v) is 2.93. The molecule has 1 unspecified atom stereocenters. The lowest BCUT2D eigenvalue weighted by Gasteiger charge is -2.08. The van der Waals surface area contributed by atoms with Gasteiger partial charge in [-0.2, -0.15) is 0 Å². The normalized spacial score (nSPS) is 18.6. The van der Waals surface area contributed by atoms with Crippen LogP contribution in [0.3, 0.4) is 0 Å². The Kier molecular flexibility index (Phi) is 4.53. The molecule has 0 spiro atoms. The van der Waals surface area contributed by atoms with Crippen LogP contribution in [0.25, 0.3) is 0 Å². The maximum Gasteiger partial charge on any atom is 0.233 e. The van der Waals surface area contributed by atoms with Gasteiger partial charge < -0.3 is 4.74 Å². The van der Waals surface area contributed by atoms with Crippen molar-refractivity contribution in [3.63, 3.8) is 0 Å². The first-order valence-electron chi connectivity index (χ1n) is 5.52. The Hall–Kier alpha value is -1.43. The molecule has 0 fully saturated rings. The highest BCUT2D eigenvalue weighted by Gasteiger charge is 2.11. The first-order valence-corrected chi connectivity index (χ1v) is 6.31. The molecule has 0 aliphatic heterocycles. The number of aromatic nitrogens is 1. The molecule has 1 atom stereocenters. The van der Waals surface area contributed by atoms with E-state index in [0.29, 0.717) is 10.8 Å². The monoisotopic (exact) mass is 323 g/mol. The number of allylic oxidation sites excluding steroid dienone is 5. The van der Waals surface area contributed by atoms with E-state index in [4.69, 9.17) is 12.6 Å². The van der Waals surface area contributed by atoms with Crippen LogP contribution in [-0.4, -0.2) is 19.0 Å². The predicted molar refractivity (Wildman–Crippen MR) is 73.3 cm³/mol. The van der Waals surface area contributed by atoms with Crippen molar-refractivity contribution in [3.05, 3.63) is 58.2 Å². The Morgan fingerprint density at radius 3 is 2.84 bits per heavy atom. The summed E-state index contributed by atoms with van der Waals surface area (Å²) in [7, 11) is 5.48. The van der Waals surface area contributed by atoms with E-state index in [0.717, 1.165) is 23.8 Å². The molecule has 1 aliphatic carbocycles. The van der Waals surface area contributed by atoms with Gasteiger partial charge in [-0.15, -0.1) is 0 Å². The summed E-state index contributed by atoms with van der Waals surface area (Å²) in [6.45, 7) is 0. The second-order valence-corrected chi connectivity index (χ2v) is 4.69. The molecule has 1 heterocycles. The lowest BCUT2D eigenvalue weighted by atomic mass is 9.99. The van der Waals surface area contributed by atoms with Crippen LogP contribution in [0.5, 0.6) is 5.88 Å². The highest BCUT2D eigenvalue weighted by atomic mass is 79.9. The van der Waals surface area contributed by atoms with Crippen LogP contribution in [-0.2, 0) is 6.32 Å². The summed E-state index contributed by atoms with van der Waals surface area (Å²) in [6, 6.07) is 1.76. The number of ether oxygens (including phenoxy) is 1. The second-order valence-electron chi connectivity index (χ2n) is 3.84. The topological polar surface area (TPSA) is 22.1 Å². The molecule has 2 radical (unpaired) electrons. The molecule has 1 aromatic heterocycles. The van der Waals surface area contributed by atoms with Gasteiger partial charge in [0.25, 0.3) is 0 Å². The molecule has 0 aromatic carbocycles. The van der Waals surface area contributed by atoms with Crippen LogP contribution in [0.4, 0.5) is 8.78 Å². The first-order chi connectivity index (χ1) is 9.08. The molecule has 2 rings (SSSR count). The Balaban J connectivity index is 2.20. The van der Waals surface area contributed by atoms with E-state index in [2.05, 4.69) is 20.9 Å². The van der Waals surface area contributed by atoms with Crippen molar-refractivity contribution >= 4 is 23.8 Å². The number of rotatable bonds is 3. The average Bonchev–Trinajstić information content (AvgIpc) is 2.53. The summed E-state index contributed by atoms with van der Waals surface area (Å²) in [5.74, 6) is -0.194. The lowest BCUT2D eigenvalue weighted by Crippen LogP contribution is -1.99. The predicted octanol–water partition coefficient (Wildman–Crippen LogP) is 3.54. The minimum atomic E-state index is -1.54. The zero-order valence-corrected chi connectivity index (χ0v) is 11.4. The largest absolute Gasteiger partial charge is 0.438 e. The van der Waals surface area contributed by atoms with Gasteiger partial charge in [-0.3, -0.25) is 0 Å². The summed E-state index contributed by atoms with van der Waals surface area (Å²) in [5.41, 5.74) is 0.834. The molecule has 96 valence electrons. The number of halogens is 3. The molecule has 1 aliphatic rings. The molecule has 0 saturated carbocycles. The minimum absolute atomic E-state index is 0.185. The molecule has 0 saturated heterocycles. The zero-order chi connectivity index (χ0) is 13.8. The van der Waals surface area contributed by atoms with Gasteiger partial charge in [0, 0.05) is 6.20 Å². The summed E-state index contributed by atoms with van der Waals surface area (Å²) in [6.07, 6.45) is 4.88. The molecule has 6 heteroatoms. The van der Waals surface area contributed by atoms with Gasteiger partial charge in [-0.1, -0.05) is 6.32 Å². The number of nitrogens with zero attached hydrogens (tertiary/aromatic N) is 1.